The third-order valence-corrected chi connectivity index (χ3v) is 5.51. The van der Waals surface area contributed by atoms with Gasteiger partial charge in [-0.15, -0.1) is 11.6 Å². The van der Waals surface area contributed by atoms with Crippen molar-refractivity contribution in [3.63, 3.8) is 0 Å². The lowest BCUT2D eigenvalue weighted by molar-refractivity contribution is 0.555. The lowest BCUT2D eigenvalue weighted by atomic mass is 9.92. The summed E-state index contributed by atoms with van der Waals surface area (Å²) in [7, 11) is 0. The quantitative estimate of drug-likeness (QED) is 0.667. The van der Waals surface area contributed by atoms with Crippen LogP contribution in [0, 0.1) is 23.5 Å². The van der Waals surface area contributed by atoms with E-state index >= 15 is 0 Å². The van der Waals surface area contributed by atoms with Crippen molar-refractivity contribution >= 4 is 11.6 Å². The predicted octanol–water partition coefficient (Wildman–Crippen LogP) is 5.22. The molecule has 1 saturated carbocycles. The molecule has 0 spiro atoms. The van der Waals surface area contributed by atoms with Crippen molar-refractivity contribution in [2.45, 2.75) is 24.1 Å². The van der Waals surface area contributed by atoms with E-state index in [9.17, 15) is 8.78 Å². The smallest absolute Gasteiger partial charge is 0.130 e. The molecule has 0 aliphatic heterocycles. The summed E-state index contributed by atoms with van der Waals surface area (Å²) in [5.74, 6) is 0.134. The van der Waals surface area contributed by atoms with E-state index in [2.05, 4.69) is 24.3 Å². The number of hydrogen-bond donors (Lipinski definition) is 0. The Morgan fingerprint density at radius 2 is 1.90 bits per heavy atom. The third kappa shape index (κ3) is 2.08. The van der Waals surface area contributed by atoms with Gasteiger partial charge in [0.05, 0.1) is 5.38 Å². The standard InChI is InChI=1S/C18H15ClF2/c19-18(13-8-6-11(20)9-15(13)21)17-14-7-5-10-3-1-2-4-12(10)16(14)17/h1-4,6,8-9,14,16-18H,5,7H2. The zero-order valence-electron chi connectivity index (χ0n) is 11.4. The van der Waals surface area contributed by atoms with Gasteiger partial charge in [0.25, 0.3) is 0 Å². The minimum Gasteiger partial charge on any atom is -0.207 e. The van der Waals surface area contributed by atoms with E-state index in [1.165, 1.54) is 23.3 Å². The summed E-state index contributed by atoms with van der Waals surface area (Å²) in [6.07, 6.45) is 2.18. The van der Waals surface area contributed by atoms with E-state index in [4.69, 9.17) is 11.6 Å². The van der Waals surface area contributed by atoms with Crippen molar-refractivity contribution in [1.82, 2.24) is 0 Å². The van der Waals surface area contributed by atoms with Gasteiger partial charge in [0.1, 0.15) is 11.6 Å². The molecule has 0 radical (unpaired) electrons. The van der Waals surface area contributed by atoms with Crippen molar-refractivity contribution < 1.29 is 8.78 Å². The van der Waals surface area contributed by atoms with Crippen LogP contribution in [0.15, 0.2) is 42.5 Å². The SMILES string of the molecule is Fc1ccc(C(Cl)C2C3CCc4ccccc4C32)c(F)c1. The molecule has 108 valence electrons. The van der Waals surface area contributed by atoms with E-state index in [1.54, 1.807) is 0 Å². The molecule has 2 aliphatic carbocycles. The first-order valence-corrected chi connectivity index (χ1v) is 7.77. The summed E-state index contributed by atoms with van der Waals surface area (Å²) in [5, 5.41) is -0.383. The van der Waals surface area contributed by atoms with Crippen LogP contribution in [-0.2, 0) is 6.42 Å². The van der Waals surface area contributed by atoms with Gasteiger partial charge in [-0.2, -0.15) is 0 Å². The summed E-state index contributed by atoms with van der Waals surface area (Å²) in [6, 6.07) is 12.1. The maximum atomic E-state index is 13.9. The molecule has 0 N–H and O–H groups in total. The average molecular weight is 305 g/mol. The molecular formula is C18H15ClF2. The van der Waals surface area contributed by atoms with Crippen LogP contribution in [0.2, 0.25) is 0 Å². The molecule has 4 unspecified atom stereocenters. The van der Waals surface area contributed by atoms with Crippen LogP contribution in [0.4, 0.5) is 8.78 Å². The number of benzene rings is 2. The first kappa shape index (κ1) is 13.3. The topological polar surface area (TPSA) is 0 Å². The molecule has 0 nitrogen and oxygen atoms in total. The van der Waals surface area contributed by atoms with E-state index in [1.807, 2.05) is 0 Å². The number of fused-ring (bicyclic) bond motifs is 3. The fourth-order valence-corrected chi connectivity index (χ4v) is 4.47. The van der Waals surface area contributed by atoms with Gasteiger partial charge in [0.2, 0.25) is 0 Å². The maximum absolute atomic E-state index is 13.9. The van der Waals surface area contributed by atoms with Crippen molar-refractivity contribution in [2.75, 3.05) is 0 Å². The highest BCUT2D eigenvalue weighted by molar-refractivity contribution is 6.21. The van der Waals surface area contributed by atoms with Gasteiger partial charge in [-0.3, -0.25) is 0 Å². The monoisotopic (exact) mass is 304 g/mol. The fraction of sp³-hybridized carbons (Fsp3) is 0.333. The van der Waals surface area contributed by atoms with Crippen LogP contribution in [-0.4, -0.2) is 0 Å². The van der Waals surface area contributed by atoms with Crippen molar-refractivity contribution in [2.24, 2.45) is 11.8 Å². The summed E-state index contributed by atoms with van der Waals surface area (Å²) in [4.78, 5) is 0. The Labute approximate surface area is 127 Å². The lowest BCUT2D eigenvalue weighted by Gasteiger charge is -2.13. The first-order valence-electron chi connectivity index (χ1n) is 7.33. The molecule has 4 rings (SSSR count). The Kier molecular flexibility index (Phi) is 3.04. The molecule has 1 fully saturated rings. The highest BCUT2D eigenvalue weighted by Gasteiger charge is 2.56. The Hall–Kier alpha value is -1.41. The van der Waals surface area contributed by atoms with Gasteiger partial charge in [-0.05, 0) is 47.8 Å². The largest absolute Gasteiger partial charge is 0.207 e. The van der Waals surface area contributed by atoms with Gasteiger partial charge in [-0.25, -0.2) is 8.78 Å². The van der Waals surface area contributed by atoms with Gasteiger partial charge in [0.15, 0.2) is 0 Å². The zero-order chi connectivity index (χ0) is 14.6. The normalized spacial score (nSPS) is 27.7. The molecular weight excluding hydrogens is 290 g/mol. The molecule has 0 heterocycles. The summed E-state index contributed by atoms with van der Waals surface area (Å²) < 4.78 is 27.0. The van der Waals surface area contributed by atoms with Crippen molar-refractivity contribution in [1.29, 1.82) is 0 Å². The van der Waals surface area contributed by atoms with Crippen molar-refractivity contribution in [3.8, 4) is 0 Å². The number of halogens is 3. The summed E-state index contributed by atoms with van der Waals surface area (Å²) in [5.41, 5.74) is 3.19. The third-order valence-electron chi connectivity index (χ3n) is 4.99. The van der Waals surface area contributed by atoms with Gasteiger partial charge in [0, 0.05) is 11.6 Å². The second kappa shape index (κ2) is 4.81. The average Bonchev–Trinajstić information content (AvgIpc) is 3.21. The highest BCUT2D eigenvalue weighted by Crippen LogP contribution is 2.65. The molecule has 21 heavy (non-hydrogen) atoms. The number of hydrogen-bond acceptors (Lipinski definition) is 0. The van der Waals surface area contributed by atoms with E-state index in [-0.39, 0.29) is 11.3 Å². The molecule has 3 heteroatoms. The fourth-order valence-electron chi connectivity index (χ4n) is 3.95. The number of aryl methyl sites for hydroxylation is 1. The predicted molar refractivity (Wildman–Crippen MR) is 79.4 cm³/mol. The Balaban J connectivity index is 1.65. The van der Waals surface area contributed by atoms with Crippen LogP contribution in [0.25, 0.3) is 0 Å². The number of alkyl halides is 1. The van der Waals surface area contributed by atoms with Crippen molar-refractivity contribution in [3.05, 3.63) is 70.8 Å². The Morgan fingerprint density at radius 3 is 2.71 bits per heavy atom. The van der Waals surface area contributed by atoms with E-state index in [0.29, 0.717) is 17.4 Å². The molecule has 0 bridgehead atoms. The maximum Gasteiger partial charge on any atom is 0.130 e. The lowest BCUT2D eigenvalue weighted by Crippen LogP contribution is -2.00. The second-order valence-electron chi connectivity index (χ2n) is 6.07. The van der Waals surface area contributed by atoms with Gasteiger partial charge < -0.3 is 0 Å². The van der Waals surface area contributed by atoms with Crippen LogP contribution >= 0.6 is 11.6 Å². The molecule has 0 amide bonds. The summed E-state index contributed by atoms with van der Waals surface area (Å²) in [6.45, 7) is 0. The summed E-state index contributed by atoms with van der Waals surface area (Å²) >= 11 is 6.54. The first-order chi connectivity index (χ1) is 10.2. The Bertz CT molecular complexity index is 697. The Morgan fingerprint density at radius 1 is 1.10 bits per heavy atom. The zero-order valence-corrected chi connectivity index (χ0v) is 12.2. The second-order valence-corrected chi connectivity index (χ2v) is 6.54. The molecule has 2 aromatic carbocycles. The minimum atomic E-state index is -0.557. The number of rotatable bonds is 2. The molecule has 4 atom stereocenters. The van der Waals surface area contributed by atoms with E-state index in [0.717, 1.165) is 18.9 Å². The van der Waals surface area contributed by atoms with Gasteiger partial charge in [-0.1, -0.05) is 30.3 Å². The minimum absolute atomic E-state index is 0.260. The molecule has 0 aromatic heterocycles. The van der Waals surface area contributed by atoms with Crippen LogP contribution < -0.4 is 0 Å². The van der Waals surface area contributed by atoms with E-state index < -0.39 is 11.6 Å². The van der Waals surface area contributed by atoms with Crippen LogP contribution in [0.5, 0.6) is 0 Å². The highest BCUT2D eigenvalue weighted by atomic mass is 35.5. The van der Waals surface area contributed by atoms with Crippen LogP contribution in [0.1, 0.15) is 34.4 Å². The van der Waals surface area contributed by atoms with Gasteiger partial charge >= 0.3 is 0 Å². The molecule has 0 saturated heterocycles. The molecule has 2 aromatic rings. The molecule has 2 aliphatic rings. The van der Waals surface area contributed by atoms with Crippen LogP contribution in [0.3, 0.4) is 0 Å².